The van der Waals surface area contributed by atoms with E-state index in [-0.39, 0.29) is 11.1 Å². The predicted octanol–water partition coefficient (Wildman–Crippen LogP) is 5.37. The first kappa shape index (κ1) is 23.2. The normalized spacial score (nSPS) is 14.1. The fourth-order valence-corrected chi connectivity index (χ4v) is 2.83. The fraction of sp³-hybridized carbons (Fsp3) is 0.316. The number of rotatable bonds is 6. The zero-order valence-electron chi connectivity index (χ0n) is 15.5. The first-order valence-electron chi connectivity index (χ1n) is 8.39. The average molecular weight is 438 g/mol. The number of Topliss-reactive ketones (excluding diaryl/α,β-unsaturated/α-hetero) is 1. The van der Waals surface area contributed by atoms with Crippen molar-refractivity contribution in [2.75, 3.05) is 0 Å². The van der Waals surface area contributed by atoms with E-state index in [1.165, 1.54) is 13.8 Å². The Kier molecular flexibility index (Phi) is 6.43. The van der Waals surface area contributed by atoms with E-state index in [0.29, 0.717) is 0 Å². The second kappa shape index (κ2) is 8.33. The molecule has 2 unspecified atom stereocenters. The third kappa shape index (κ3) is 5.94. The Bertz CT molecular complexity index is 849. The number of aromatic hydroxyl groups is 2. The Hall–Kier alpha value is -3.11. The van der Waals surface area contributed by atoms with E-state index in [1.54, 1.807) is 0 Å². The molecule has 0 fully saturated rings. The highest BCUT2D eigenvalue weighted by atomic mass is 19.4. The van der Waals surface area contributed by atoms with Crippen molar-refractivity contribution in [2.24, 2.45) is 0 Å². The van der Waals surface area contributed by atoms with Crippen LogP contribution in [0.25, 0.3) is 0 Å². The molecule has 164 valence electrons. The van der Waals surface area contributed by atoms with Gasteiger partial charge in [-0.05, 0) is 36.4 Å². The number of phenolic OH excluding ortho intramolecular Hbond substituents is 2. The number of phenols is 2. The van der Waals surface area contributed by atoms with Crippen LogP contribution in [0, 0.1) is 0 Å². The molecule has 2 atom stereocenters. The van der Waals surface area contributed by atoms with Crippen molar-refractivity contribution in [3.63, 3.8) is 0 Å². The second-order valence-corrected chi connectivity index (χ2v) is 6.38. The fourth-order valence-electron chi connectivity index (χ4n) is 2.83. The summed E-state index contributed by atoms with van der Waals surface area (Å²) in [5.41, 5.74) is -0.369. The Balaban J connectivity index is 2.32. The summed E-state index contributed by atoms with van der Waals surface area (Å²) < 4.78 is 82.0. The Labute approximate surface area is 166 Å². The molecule has 0 saturated heterocycles. The SMILES string of the molecule is CC(C(=O)C(C)c1cc(OC(F)(F)F)ccc1O)c1cc(OC(F)(F)F)ccc1O. The van der Waals surface area contributed by atoms with Crippen LogP contribution in [0.1, 0.15) is 36.8 Å². The van der Waals surface area contributed by atoms with Crippen molar-refractivity contribution < 1.29 is 50.8 Å². The second-order valence-electron chi connectivity index (χ2n) is 6.38. The predicted molar refractivity (Wildman–Crippen MR) is 91.4 cm³/mol. The zero-order valence-corrected chi connectivity index (χ0v) is 15.5. The van der Waals surface area contributed by atoms with Crippen molar-refractivity contribution >= 4 is 5.78 Å². The molecule has 0 spiro atoms. The summed E-state index contributed by atoms with van der Waals surface area (Å²) in [7, 11) is 0. The standard InChI is InChI=1S/C19H16F6O5/c1-9(13-7-11(3-5-15(13)26)29-18(20,21)22)17(28)10(2)14-8-12(4-6-16(14)27)30-19(23,24)25/h3-10,26-27H,1-2H3. The van der Waals surface area contributed by atoms with Crippen molar-refractivity contribution in [3.8, 4) is 23.0 Å². The minimum atomic E-state index is -4.99. The lowest BCUT2D eigenvalue weighted by molar-refractivity contribution is -0.275. The van der Waals surface area contributed by atoms with E-state index < -0.39 is 53.3 Å². The van der Waals surface area contributed by atoms with E-state index in [0.717, 1.165) is 36.4 Å². The summed E-state index contributed by atoms with van der Waals surface area (Å²) in [6, 6.07) is 5.22. The van der Waals surface area contributed by atoms with Gasteiger partial charge in [0.15, 0.2) is 0 Å². The molecule has 0 aliphatic rings. The maximum atomic E-state index is 12.8. The van der Waals surface area contributed by atoms with Gasteiger partial charge in [-0.1, -0.05) is 13.8 Å². The largest absolute Gasteiger partial charge is 0.573 e. The lowest BCUT2D eigenvalue weighted by atomic mass is 9.85. The van der Waals surface area contributed by atoms with E-state index in [9.17, 15) is 41.4 Å². The quantitative estimate of drug-likeness (QED) is 0.593. The molecule has 0 bridgehead atoms. The molecule has 0 saturated carbocycles. The molecule has 2 aromatic rings. The van der Waals surface area contributed by atoms with Crippen LogP contribution in [0.2, 0.25) is 0 Å². The minimum Gasteiger partial charge on any atom is -0.508 e. The number of halogens is 6. The number of carbonyl (C=O) groups is 1. The van der Waals surface area contributed by atoms with Gasteiger partial charge < -0.3 is 19.7 Å². The van der Waals surface area contributed by atoms with Gasteiger partial charge in [0, 0.05) is 23.0 Å². The number of carbonyl (C=O) groups excluding carboxylic acids is 1. The van der Waals surface area contributed by atoms with E-state index in [1.807, 2.05) is 0 Å². The summed E-state index contributed by atoms with van der Waals surface area (Å²) in [6.07, 6.45) is -9.97. The van der Waals surface area contributed by atoms with E-state index >= 15 is 0 Å². The number of benzene rings is 2. The number of hydrogen-bond acceptors (Lipinski definition) is 5. The summed E-state index contributed by atoms with van der Waals surface area (Å²) >= 11 is 0. The third-order valence-corrected chi connectivity index (χ3v) is 4.25. The maximum Gasteiger partial charge on any atom is 0.573 e. The van der Waals surface area contributed by atoms with E-state index in [4.69, 9.17) is 0 Å². The summed E-state index contributed by atoms with van der Waals surface area (Å²) in [5.74, 6) is -5.32. The monoisotopic (exact) mass is 438 g/mol. The molecule has 2 aromatic carbocycles. The molecule has 30 heavy (non-hydrogen) atoms. The van der Waals surface area contributed by atoms with Gasteiger partial charge in [-0.25, -0.2) is 0 Å². The molecule has 0 amide bonds. The highest BCUT2D eigenvalue weighted by Gasteiger charge is 2.34. The topological polar surface area (TPSA) is 76.0 Å². The van der Waals surface area contributed by atoms with E-state index in [2.05, 4.69) is 9.47 Å². The Morgan fingerprint density at radius 1 is 0.767 bits per heavy atom. The molecule has 0 aliphatic carbocycles. The van der Waals surface area contributed by atoms with Gasteiger partial charge in [0.05, 0.1) is 0 Å². The van der Waals surface area contributed by atoms with Gasteiger partial charge >= 0.3 is 12.7 Å². The molecule has 0 aliphatic heterocycles. The van der Waals surface area contributed by atoms with Gasteiger partial charge in [-0.3, -0.25) is 4.79 Å². The summed E-state index contributed by atoms with van der Waals surface area (Å²) in [5, 5.41) is 19.9. The number of ether oxygens (including phenoxy) is 2. The molecule has 0 radical (unpaired) electrons. The highest BCUT2D eigenvalue weighted by Crippen LogP contribution is 2.38. The van der Waals surface area contributed by atoms with Crippen molar-refractivity contribution in [2.45, 2.75) is 38.4 Å². The lowest BCUT2D eigenvalue weighted by Gasteiger charge is -2.20. The summed E-state index contributed by atoms with van der Waals surface area (Å²) in [6.45, 7) is 2.58. The van der Waals surface area contributed by atoms with Crippen LogP contribution < -0.4 is 9.47 Å². The molecule has 11 heteroatoms. The maximum absolute atomic E-state index is 12.8. The van der Waals surface area contributed by atoms with Crippen molar-refractivity contribution in [1.82, 2.24) is 0 Å². The molecule has 5 nitrogen and oxygen atoms in total. The van der Waals surface area contributed by atoms with Crippen molar-refractivity contribution in [1.29, 1.82) is 0 Å². The van der Waals surface area contributed by atoms with Crippen LogP contribution in [0.5, 0.6) is 23.0 Å². The average Bonchev–Trinajstić information content (AvgIpc) is 2.60. The van der Waals surface area contributed by atoms with Crippen LogP contribution >= 0.6 is 0 Å². The first-order valence-corrected chi connectivity index (χ1v) is 8.39. The number of ketones is 1. The Morgan fingerprint density at radius 3 is 1.40 bits per heavy atom. The lowest BCUT2D eigenvalue weighted by Crippen LogP contribution is -2.19. The Morgan fingerprint density at radius 2 is 1.10 bits per heavy atom. The number of alkyl halides is 6. The van der Waals surface area contributed by atoms with Gasteiger partial charge in [0.25, 0.3) is 0 Å². The molecule has 2 N–H and O–H groups in total. The molecule has 2 rings (SSSR count). The van der Waals surface area contributed by atoms with Crippen LogP contribution in [-0.2, 0) is 4.79 Å². The third-order valence-electron chi connectivity index (χ3n) is 4.25. The number of hydrogen-bond donors (Lipinski definition) is 2. The zero-order chi connectivity index (χ0) is 22.9. The van der Waals surface area contributed by atoms with Gasteiger partial charge in [-0.2, -0.15) is 0 Å². The van der Waals surface area contributed by atoms with Gasteiger partial charge in [-0.15, -0.1) is 26.3 Å². The van der Waals surface area contributed by atoms with Gasteiger partial charge in [0.2, 0.25) is 0 Å². The van der Waals surface area contributed by atoms with Crippen LogP contribution in [0.15, 0.2) is 36.4 Å². The van der Waals surface area contributed by atoms with Gasteiger partial charge in [0.1, 0.15) is 28.8 Å². The molecule has 0 aromatic heterocycles. The van der Waals surface area contributed by atoms with Crippen molar-refractivity contribution in [3.05, 3.63) is 47.5 Å². The minimum absolute atomic E-state index is 0.184. The molecular weight excluding hydrogens is 422 g/mol. The highest BCUT2D eigenvalue weighted by molar-refractivity contribution is 5.92. The van der Waals surface area contributed by atoms with Crippen LogP contribution in [-0.4, -0.2) is 28.7 Å². The molecule has 0 heterocycles. The smallest absolute Gasteiger partial charge is 0.508 e. The van der Waals surface area contributed by atoms with Crippen LogP contribution in [0.4, 0.5) is 26.3 Å². The first-order chi connectivity index (χ1) is 13.7. The summed E-state index contributed by atoms with van der Waals surface area (Å²) in [4.78, 5) is 12.8. The van der Waals surface area contributed by atoms with Crippen LogP contribution in [0.3, 0.4) is 0 Å². The molecular formula is C19H16F6O5.